The topological polar surface area (TPSA) is 70.4 Å². The highest BCUT2D eigenvalue weighted by atomic mass is 79.9. The van der Waals surface area contributed by atoms with Gasteiger partial charge in [-0.3, -0.25) is 14.6 Å². The molecule has 0 unspecified atom stereocenters. The monoisotopic (exact) mass is 478 g/mol. The highest BCUT2D eigenvalue weighted by Crippen LogP contribution is 2.26. The number of carbonyl (C=O) groups excluding carboxylic acids is 2. The van der Waals surface area contributed by atoms with E-state index in [1.54, 1.807) is 29.1 Å². The molecule has 8 heteroatoms. The van der Waals surface area contributed by atoms with Crippen molar-refractivity contribution in [1.82, 2.24) is 9.78 Å². The summed E-state index contributed by atoms with van der Waals surface area (Å²) in [6, 6.07) is 12.4. The molecule has 0 saturated heterocycles. The zero-order valence-corrected chi connectivity index (χ0v) is 16.7. The molecule has 0 amide bonds. The minimum Gasteiger partial charge on any atom is -0.288 e. The van der Waals surface area contributed by atoms with Gasteiger partial charge in [-0.25, -0.2) is 9.48 Å². The van der Waals surface area contributed by atoms with E-state index in [2.05, 4.69) is 41.8 Å². The van der Waals surface area contributed by atoms with Crippen LogP contribution in [0.5, 0.6) is 5.75 Å². The van der Waals surface area contributed by atoms with Crippen LogP contribution < -0.4 is 4.89 Å². The summed E-state index contributed by atoms with van der Waals surface area (Å²) in [4.78, 5) is 33.4. The summed E-state index contributed by atoms with van der Waals surface area (Å²) in [6.07, 6.45) is 3.10. The van der Waals surface area contributed by atoms with Gasteiger partial charge in [-0.1, -0.05) is 37.9 Å². The molecule has 0 spiro atoms. The van der Waals surface area contributed by atoms with E-state index in [-0.39, 0.29) is 17.1 Å². The minimum atomic E-state index is -0.617. The number of rotatable bonds is 5. The maximum Gasteiger partial charge on any atom is 0.352 e. The fraction of sp³-hybridized carbons (Fsp3) is 0.0556. The number of hydrogen-bond donors (Lipinski definition) is 0. The molecule has 0 aliphatic heterocycles. The SMILES string of the molecule is CC(=O)OOc1ccc(Br)cc1C(=O)c1cnn(-c2cccc(Br)c2)c1. The second-order valence-corrected chi connectivity index (χ2v) is 7.11. The fourth-order valence-electron chi connectivity index (χ4n) is 2.21. The summed E-state index contributed by atoms with van der Waals surface area (Å²) in [5.41, 5.74) is 1.43. The first kappa shape index (κ1) is 18.3. The lowest BCUT2D eigenvalue weighted by molar-refractivity contribution is -0.211. The maximum atomic E-state index is 12.9. The smallest absolute Gasteiger partial charge is 0.288 e. The highest BCUT2D eigenvalue weighted by molar-refractivity contribution is 9.10. The Hall–Kier alpha value is -2.45. The van der Waals surface area contributed by atoms with Gasteiger partial charge in [-0.2, -0.15) is 5.10 Å². The molecule has 0 bridgehead atoms. The van der Waals surface area contributed by atoms with Gasteiger partial charge in [0, 0.05) is 22.1 Å². The molecule has 0 fully saturated rings. The van der Waals surface area contributed by atoms with Gasteiger partial charge in [0.1, 0.15) is 0 Å². The third-order valence-electron chi connectivity index (χ3n) is 3.35. The first-order chi connectivity index (χ1) is 12.4. The third-order valence-corrected chi connectivity index (χ3v) is 4.34. The van der Waals surface area contributed by atoms with Crippen molar-refractivity contribution in [1.29, 1.82) is 0 Å². The predicted octanol–water partition coefficient (Wildman–Crippen LogP) is 4.49. The Morgan fingerprint density at radius 1 is 1.08 bits per heavy atom. The lowest BCUT2D eigenvalue weighted by atomic mass is 10.1. The molecule has 0 aliphatic carbocycles. The second-order valence-electron chi connectivity index (χ2n) is 5.28. The Morgan fingerprint density at radius 2 is 1.85 bits per heavy atom. The molecule has 3 rings (SSSR count). The Bertz CT molecular complexity index is 985. The summed E-state index contributed by atoms with van der Waals surface area (Å²) in [5.74, 6) is -0.785. The molecule has 2 aromatic carbocycles. The van der Waals surface area contributed by atoms with E-state index in [4.69, 9.17) is 4.89 Å². The van der Waals surface area contributed by atoms with Crippen molar-refractivity contribution in [2.45, 2.75) is 6.92 Å². The van der Waals surface area contributed by atoms with Gasteiger partial charge in [0.05, 0.1) is 23.0 Å². The normalized spacial score (nSPS) is 10.4. The lowest BCUT2D eigenvalue weighted by Crippen LogP contribution is -2.08. The molecule has 26 heavy (non-hydrogen) atoms. The van der Waals surface area contributed by atoms with Gasteiger partial charge in [0.25, 0.3) is 0 Å². The molecular formula is C18H12Br2N2O4. The van der Waals surface area contributed by atoms with Gasteiger partial charge >= 0.3 is 5.97 Å². The first-order valence-electron chi connectivity index (χ1n) is 7.44. The van der Waals surface area contributed by atoms with E-state index in [1.165, 1.54) is 13.1 Å². The van der Waals surface area contributed by atoms with Crippen molar-refractivity contribution in [3.05, 3.63) is 74.9 Å². The molecule has 0 aliphatic rings. The van der Waals surface area contributed by atoms with Crippen LogP contribution in [0.1, 0.15) is 22.8 Å². The van der Waals surface area contributed by atoms with Crippen LogP contribution in [0.2, 0.25) is 0 Å². The Morgan fingerprint density at radius 3 is 2.58 bits per heavy atom. The summed E-state index contributed by atoms with van der Waals surface area (Å²) >= 11 is 6.73. The van der Waals surface area contributed by atoms with Crippen LogP contribution in [0.25, 0.3) is 5.69 Å². The predicted molar refractivity (Wildman–Crippen MR) is 101 cm³/mol. The molecule has 0 radical (unpaired) electrons. The van der Waals surface area contributed by atoms with E-state index in [1.807, 2.05) is 24.3 Å². The van der Waals surface area contributed by atoms with Gasteiger partial charge in [0.15, 0.2) is 11.5 Å². The number of aromatic nitrogens is 2. The van der Waals surface area contributed by atoms with Crippen LogP contribution in [0, 0.1) is 0 Å². The molecule has 6 nitrogen and oxygen atoms in total. The summed E-state index contributed by atoms with van der Waals surface area (Å²) < 4.78 is 3.20. The van der Waals surface area contributed by atoms with Gasteiger partial charge in [0.2, 0.25) is 0 Å². The minimum absolute atomic E-state index is 0.142. The van der Waals surface area contributed by atoms with E-state index in [0.717, 1.165) is 10.2 Å². The van der Waals surface area contributed by atoms with Crippen molar-refractivity contribution in [2.75, 3.05) is 0 Å². The standard InChI is InChI=1S/C18H12Br2N2O4/c1-11(23)25-26-17-6-5-14(20)8-16(17)18(24)12-9-21-22(10-12)15-4-2-3-13(19)7-15/h2-10H,1H3. The zero-order valence-electron chi connectivity index (χ0n) is 13.5. The van der Waals surface area contributed by atoms with Crippen LogP contribution in [0.4, 0.5) is 0 Å². The highest BCUT2D eigenvalue weighted by Gasteiger charge is 2.19. The van der Waals surface area contributed by atoms with Crippen molar-refractivity contribution in [3.8, 4) is 11.4 Å². The van der Waals surface area contributed by atoms with Crippen molar-refractivity contribution in [3.63, 3.8) is 0 Å². The Kier molecular flexibility index (Phi) is 5.53. The van der Waals surface area contributed by atoms with Crippen LogP contribution >= 0.6 is 31.9 Å². The van der Waals surface area contributed by atoms with Gasteiger partial charge in [-0.15, -0.1) is 0 Å². The van der Waals surface area contributed by atoms with Crippen molar-refractivity contribution >= 4 is 43.6 Å². The number of benzene rings is 2. The van der Waals surface area contributed by atoms with Crippen LogP contribution in [0.15, 0.2) is 63.8 Å². The molecule has 0 atom stereocenters. The van der Waals surface area contributed by atoms with Gasteiger partial charge in [-0.05, 0) is 36.4 Å². The largest absolute Gasteiger partial charge is 0.352 e. The molecule has 1 aromatic heterocycles. The summed E-state index contributed by atoms with van der Waals surface area (Å²) in [6.45, 7) is 1.21. The van der Waals surface area contributed by atoms with Crippen molar-refractivity contribution in [2.24, 2.45) is 0 Å². The Balaban J connectivity index is 1.92. The maximum absolute atomic E-state index is 12.9. The van der Waals surface area contributed by atoms with Crippen molar-refractivity contribution < 1.29 is 19.4 Å². The van der Waals surface area contributed by atoms with E-state index < -0.39 is 5.97 Å². The zero-order chi connectivity index (χ0) is 18.7. The van der Waals surface area contributed by atoms with E-state index in [0.29, 0.717) is 10.0 Å². The fourth-order valence-corrected chi connectivity index (χ4v) is 2.96. The average molecular weight is 480 g/mol. The van der Waals surface area contributed by atoms with Crippen LogP contribution in [0.3, 0.4) is 0 Å². The second kappa shape index (κ2) is 7.84. The summed E-state index contributed by atoms with van der Waals surface area (Å²) in [7, 11) is 0. The van der Waals surface area contributed by atoms with Crippen LogP contribution in [-0.4, -0.2) is 21.5 Å². The van der Waals surface area contributed by atoms with Gasteiger partial charge < -0.3 is 0 Å². The molecule has 3 aromatic rings. The first-order valence-corrected chi connectivity index (χ1v) is 9.02. The van der Waals surface area contributed by atoms with E-state index >= 15 is 0 Å². The van der Waals surface area contributed by atoms with Crippen LogP contribution in [-0.2, 0) is 9.68 Å². The third kappa shape index (κ3) is 4.20. The number of hydrogen-bond acceptors (Lipinski definition) is 5. The molecule has 1 heterocycles. The molecule has 132 valence electrons. The molecule has 0 saturated carbocycles. The number of carbonyl (C=O) groups is 2. The Labute approximate surface area is 165 Å². The number of halogens is 2. The lowest BCUT2D eigenvalue weighted by Gasteiger charge is -2.08. The molecule has 0 N–H and O–H groups in total. The summed E-state index contributed by atoms with van der Waals surface area (Å²) in [5, 5.41) is 4.24. The molecular weight excluding hydrogens is 468 g/mol. The quantitative estimate of drug-likeness (QED) is 0.306. The number of ketones is 1. The number of nitrogens with zero attached hydrogens (tertiary/aromatic N) is 2. The average Bonchev–Trinajstić information content (AvgIpc) is 3.10. The van der Waals surface area contributed by atoms with E-state index in [9.17, 15) is 9.59 Å².